The smallest absolute Gasteiger partial charge is 0.269 e. The third-order valence-electron chi connectivity index (χ3n) is 4.74. The first-order chi connectivity index (χ1) is 11.6. The van der Waals surface area contributed by atoms with E-state index in [2.05, 4.69) is 5.32 Å². The van der Waals surface area contributed by atoms with Crippen molar-refractivity contribution in [2.24, 2.45) is 0 Å². The van der Waals surface area contributed by atoms with Crippen LogP contribution < -0.4 is 5.32 Å². The van der Waals surface area contributed by atoms with E-state index in [1.165, 1.54) is 37.8 Å². The molecule has 0 unspecified atom stereocenters. The number of benzene rings is 1. The van der Waals surface area contributed by atoms with Gasteiger partial charge in [0.1, 0.15) is 0 Å². The van der Waals surface area contributed by atoms with Gasteiger partial charge in [0.05, 0.1) is 4.92 Å². The molecule has 6 nitrogen and oxygen atoms in total. The van der Waals surface area contributed by atoms with Crippen molar-refractivity contribution >= 4 is 17.3 Å². The van der Waals surface area contributed by atoms with Gasteiger partial charge in [0.25, 0.3) is 5.69 Å². The van der Waals surface area contributed by atoms with Crippen molar-refractivity contribution in [3.63, 3.8) is 0 Å². The summed E-state index contributed by atoms with van der Waals surface area (Å²) in [6, 6.07) is 6.75. The van der Waals surface area contributed by atoms with Gasteiger partial charge < -0.3 is 10.2 Å². The molecule has 0 bridgehead atoms. The van der Waals surface area contributed by atoms with E-state index in [0.29, 0.717) is 19.0 Å². The topological polar surface area (TPSA) is 75.5 Å². The second kappa shape index (κ2) is 9.25. The van der Waals surface area contributed by atoms with Crippen molar-refractivity contribution in [1.82, 2.24) is 4.90 Å². The predicted octanol–water partition coefficient (Wildman–Crippen LogP) is 3.97. The van der Waals surface area contributed by atoms with E-state index in [0.717, 1.165) is 24.9 Å². The summed E-state index contributed by atoms with van der Waals surface area (Å²) in [5.41, 5.74) is 0.922. The number of non-ortho nitro benzene ring substituents is 1. The molecule has 132 valence electrons. The van der Waals surface area contributed by atoms with Crippen LogP contribution in [0.5, 0.6) is 0 Å². The van der Waals surface area contributed by atoms with Gasteiger partial charge in [-0.05, 0) is 31.4 Å². The zero-order valence-electron chi connectivity index (χ0n) is 14.4. The SMILES string of the molecule is CN(C(=O)CCCNc1ccc([N+](=O)[O-])cc1)C1CCCCCC1. The van der Waals surface area contributed by atoms with Crippen LogP contribution in [0.3, 0.4) is 0 Å². The molecule has 0 heterocycles. The van der Waals surface area contributed by atoms with Crippen molar-refractivity contribution < 1.29 is 9.72 Å². The van der Waals surface area contributed by atoms with E-state index in [-0.39, 0.29) is 11.6 Å². The Morgan fingerprint density at radius 2 is 1.83 bits per heavy atom. The summed E-state index contributed by atoms with van der Waals surface area (Å²) in [6.45, 7) is 0.683. The molecule has 1 aromatic carbocycles. The molecule has 0 atom stereocenters. The molecule has 0 radical (unpaired) electrons. The monoisotopic (exact) mass is 333 g/mol. The molecule has 0 spiro atoms. The predicted molar refractivity (Wildman–Crippen MR) is 95.1 cm³/mol. The molecule has 1 fully saturated rings. The quantitative estimate of drug-likeness (QED) is 0.354. The van der Waals surface area contributed by atoms with E-state index in [4.69, 9.17) is 0 Å². The largest absolute Gasteiger partial charge is 0.385 e. The highest BCUT2D eigenvalue weighted by Gasteiger charge is 2.20. The fourth-order valence-corrected chi connectivity index (χ4v) is 3.20. The highest BCUT2D eigenvalue weighted by molar-refractivity contribution is 5.76. The lowest BCUT2D eigenvalue weighted by atomic mass is 10.1. The fourth-order valence-electron chi connectivity index (χ4n) is 3.20. The van der Waals surface area contributed by atoms with Crippen LogP contribution in [0.1, 0.15) is 51.4 Å². The molecule has 0 aromatic heterocycles. The summed E-state index contributed by atoms with van der Waals surface area (Å²) < 4.78 is 0. The number of nitrogens with zero attached hydrogens (tertiary/aromatic N) is 2. The van der Waals surface area contributed by atoms with Crippen molar-refractivity contribution in [3.05, 3.63) is 34.4 Å². The van der Waals surface area contributed by atoms with E-state index < -0.39 is 4.92 Å². The van der Waals surface area contributed by atoms with Gasteiger partial charge in [-0.1, -0.05) is 25.7 Å². The van der Waals surface area contributed by atoms with Crippen molar-refractivity contribution in [2.45, 2.75) is 57.4 Å². The molecule has 2 rings (SSSR count). The number of nitrogens with one attached hydrogen (secondary N) is 1. The normalized spacial score (nSPS) is 15.5. The third-order valence-corrected chi connectivity index (χ3v) is 4.74. The Morgan fingerprint density at radius 3 is 2.42 bits per heavy atom. The Bertz CT molecular complexity index is 537. The Morgan fingerprint density at radius 1 is 1.21 bits per heavy atom. The Labute approximate surface area is 143 Å². The number of rotatable bonds is 7. The van der Waals surface area contributed by atoms with Crippen LogP contribution in [0.15, 0.2) is 24.3 Å². The maximum atomic E-state index is 12.3. The molecule has 1 saturated carbocycles. The lowest BCUT2D eigenvalue weighted by Crippen LogP contribution is -2.36. The molecular formula is C18H27N3O3. The first kappa shape index (κ1) is 18.2. The number of nitro groups is 1. The summed E-state index contributed by atoms with van der Waals surface area (Å²) in [5.74, 6) is 0.215. The van der Waals surface area contributed by atoms with Gasteiger partial charge in [0, 0.05) is 43.9 Å². The summed E-state index contributed by atoms with van der Waals surface area (Å²) >= 11 is 0. The van der Waals surface area contributed by atoms with Gasteiger partial charge in [0.15, 0.2) is 0 Å². The second-order valence-electron chi connectivity index (χ2n) is 6.48. The van der Waals surface area contributed by atoms with Crippen molar-refractivity contribution in [2.75, 3.05) is 18.9 Å². The molecule has 0 aliphatic heterocycles. The molecule has 1 aromatic rings. The minimum atomic E-state index is -0.411. The maximum Gasteiger partial charge on any atom is 0.269 e. The maximum absolute atomic E-state index is 12.3. The van der Waals surface area contributed by atoms with Crippen LogP contribution in [0.2, 0.25) is 0 Å². The average molecular weight is 333 g/mol. The molecule has 1 aliphatic carbocycles. The number of amides is 1. The lowest BCUT2D eigenvalue weighted by Gasteiger charge is -2.27. The molecule has 24 heavy (non-hydrogen) atoms. The fraction of sp³-hybridized carbons (Fsp3) is 0.611. The van der Waals surface area contributed by atoms with Crippen LogP contribution in [0.4, 0.5) is 11.4 Å². The third kappa shape index (κ3) is 5.51. The van der Waals surface area contributed by atoms with Crippen molar-refractivity contribution in [3.8, 4) is 0 Å². The number of hydrogen-bond acceptors (Lipinski definition) is 4. The van der Waals surface area contributed by atoms with Gasteiger partial charge in [-0.15, -0.1) is 0 Å². The first-order valence-corrected chi connectivity index (χ1v) is 8.82. The number of anilines is 1. The number of carbonyl (C=O) groups excluding carboxylic acids is 1. The zero-order valence-corrected chi connectivity index (χ0v) is 14.4. The van der Waals surface area contributed by atoms with Gasteiger partial charge in [-0.2, -0.15) is 0 Å². The molecule has 6 heteroatoms. The van der Waals surface area contributed by atoms with Crippen LogP contribution in [-0.4, -0.2) is 35.4 Å². The van der Waals surface area contributed by atoms with Crippen LogP contribution >= 0.6 is 0 Å². The van der Waals surface area contributed by atoms with E-state index in [1.54, 1.807) is 12.1 Å². The number of nitro benzene ring substituents is 1. The molecule has 1 aliphatic rings. The molecule has 1 N–H and O–H groups in total. The van der Waals surface area contributed by atoms with Crippen LogP contribution in [0, 0.1) is 10.1 Å². The van der Waals surface area contributed by atoms with E-state index >= 15 is 0 Å². The minimum absolute atomic E-state index is 0.0840. The number of hydrogen-bond donors (Lipinski definition) is 1. The Balaban J connectivity index is 1.69. The standard InChI is InChI=1S/C18H27N3O3/c1-20(16-7-4-2-3-5-8-16)18(22)9-6-14-19-15-10-12-17(13-11-15)21(23)24/h10-13,16,19H,2-9,14H2,1H3. The Kier molecular flexibility index (Phi) is 7.03. The highest BCUT2D eigenvalue weighted by Crippen LogP contribution is 2.21. The average Bonchev–Trinajstić information content (AvgIpc) is 2.87. The van der Waals surface area contributed by atoms with Crippen LogP contribution in [0.25, 0.3) is 0 Å². The minimum Gasteiger partial charge on any atom is -0.385 e. The van der Waals surface area contributed by atoms with Gasteiger partial charge in [-0.25, -0.2) is 0 Å². The first-order valence-electron chi connectivity index (χ1n) is 8.82. The van der Waals surface area contributed by atoms with Gasteiger partial charge in [0.2, 0.25) is 5.91 Å². The van der Waals surface area contributed by atoms with E-state index in [1.807, 2.05) is 11.9 Å². The molecular weight excluding hydrogens is 306 g/mol. The summed E-state index contributed by atoms with van der Waals surface area (Å²) in [5, 5.41) is 13.8. The summed E-state index contributed by atoms with van der Waals surface area (Å²) in [7, 11) is 1.93. The Hall–Kier alpha value is -2.11. The highest BCUT2D eigenvalue weighted by atomic mass is 16.6. The number of carbonyl (C=O) groups is 1. The van der Waals surface area contributed by atoms with E-state index in [9.17, 15) is 14.9 Å². The molecule has 0 saturated heterocycles. The molecule has 1 amide bonds. The summed E-state index contributed by atoms with van der Waals surface area (Å²) in [4.78, 5) is 24.4. The van der Waals surface area contributed by atoms with Gasteiger partial charge in [-0.3, -0.25) is 14.9 Å². The summed E-state index contributed by atoms with van der Waals surface area (Å²) in [6.07, 6.45) is 8.58. The lowest BCUT2D eigenvalue weighted by molar-refractivity contribution is -0.384. The van der Waals surface area contributed by atoms with Crippen molar-refractivity contribution in [1.29, 1.82) is 0 Å². The van der Waals surface area contributed by atoms with Gasteiger partial charge >= 0.3 is 0 Å². The second-order valence-corrected chi connectivity index (χ2v) is 6.48. The van der Waals surface area contributed by atoms with Crippen LogP contribution in [-0.2, 0) is 4.79 Å². The zero-order chi connectivity index (χ0) is 17.4.